The monoisotopic (exact) mass is 226 g/mol. The van der Waals surface area contributed by atoms with E-state index in [1.165, 1.54) is 0 Å². The van der Waals surface area contributed by atoms with Crippen molar-refractivity contribution in [2.24, 2.45) is 0 Å². The van der Waals surface area contributed by atoms with Crippen LogP contribution in [0.4, 0.5) is 5.82 Å². The van der Waals surface area contributed by atoms with Crippen molar-refractivity contribution in [1.29, 1.82) is 0 Å². The molecule has 0 aliphatic carbocycles. The molecule has 0 aliphatic rings. The number of hydrogen-bond acceptors (Lipinski definition) is 2. The van der Waals surface area contributed by atoms with Crippen molar-refractivity contribution in [2.45, 2.75) is 19.4 Å². The van der Waals surface area contributed by atoms with Crippen LogP contribution in [0.2, 0.25) is 0 Å². The van der Waals surface area contributed by atoms with Crippen molar-refractivity contribution in [3.8, 4) is 12.3 Å². The summed E-state index contributed by atoms with van der Waals surface area (Å²) in [5.41, 5.74) is 5.84. The standard InChI is InChI=1S/C14H14N2O/c1-2-3-6-9-16-13(15)10-11-7-4-5-8-12(11)14(16)17/h1,4-5,7-8,10H,3,6,9,15H2. The lowest BCUT2D eigenvalue weighted by Crippen LogP contribution is -2.23. The molecule has 0 radical (unpaired) electrons. The second kappa shape index (κ2) is 4.75. The number of pyridine rings is 1. The molecule has 3 heteroatoms. The first kappa shape index (κ1) is 11.3. The third-order valence-electron chi connectivity index (χ3n) is 2.75. The first-order chi connectivity index (χ1) is 8.24. The summed E-state index contributed by atoms with van der Waals surface area (Å²) >= 11 is 0. The Morgan fingerprint density at radius 1 is 1.35 bits per heavy atom. The summed E-state index contributed by atoms with van der Waals surface area (Å²) in [4.78, 5) is 12.2. The minimum Gasteiger partial charge on any atom is -0.385 e. The van der Waals surface area contributed by atoms with E-state index in [1.807, 2.05) is 30.3 Å². The van der Waals surface area contributed by atoms with Crippen LogP contribution in [0.5, 0.6) is 0 Å². The molecule has 2 N–H and O–H groups in total. The van der Waals surface area contributed by atoms with Gasteiger partial charge in [-0.1, -0.05) is 18.2 Å². The largest absolute Gasteiger partial charge is 0.385 e. The highest BCUT2D eigenvalue weighted by Crippen LogP contribution is 2.13. The van der Waals surface area contributed by atoms with E-state index in [1.54, 1.807) is 4.57 Å². The maximum absolute atomic E-state index is 12.2. The number of nitrogen functional groups attached to an aromatic ring is 1. The highest BCUT2D eigenvalue weighted by Gasteiger charge is 2.05. The number of nitrogens with two attached hydrogens (primary N) is 1. The van der Waals surface area contributed by atoms with Gasteiger partial charge in [-0.25, -0.2) is 0 Å². The number of unbranched alkanes of at least 4 members (excludes halogenated alkanes) is 1. The molecule has 86 valence electrons. The number of benzene rings is 1. The summed E-state index contributed by atoms with van der Waals surface area (Å²) in [6, 6.07) is 9.27. The van der Waals surface area contributed by atoms with Gasteiger partial charge in [-0.15, -0.1) is 12.3 Å². The first-order valence-electron chi connectivity index (χ1n) is 5.55. The Hall–Kier alpha value is -2.21. The van der Waals surface area contributed by atoms with Gasteiger partial charge in [0.05, 0.1) is 0 Å². The summed E-state index contributed by atoms with van der Waals surface area (Å²) < 4.78 is 1.58. The highest BCUT2D eigenvalue weighted by molar-refractivity contribution is 5.83. The average molecular weight is 226 g/mol. The quantitative estimate of drug-likeness (QED) is 0.642. The van der Waals surface area contributed by atoms with Gasteiger partial charge in [0.1, 0.15) is 5.82 Å². The second-order valence-corrected chi connectivity index (χ2v) is 3.92. The molecule has 3 nitrogen and oxygen atoms in total. The molecule has 1 aromatic carbocycles. The topological polar surface area (TPSA) is 48.0 Å². The number of terminal acetylenes is 1. The zero-order valence-electron chi connectivity index (χ0n) is 9.52. The molecular formula is C14H14N2O. The van der Waals surface area contributed by atoms with E-state index in [2.05, 4.69) is 5.92 Å². The molecule has 0 atom stereocenters. The van der Waals surface area contributed by atoms with E-state index >= 15 is 0 Å². The van der Waals surface area contributed by atoms with Crippen LogP contribution in [0.1, 0.15) is 12.8 Å². The molecule has 0 saturated heterocycles. The van der Waals surface area contributed by atoms with Crippen molar-refractivity contribution in [3.63, 3.8) is 0 Å². The Kier molecular flexibility index (Phi) is 3.15. The van der Waals surface area contributed by atoms with Crippen molar-refractivity contribution >= 4 is 16.6 Å². The molecule has 0 unspecified atom stereocenters. The summed E-state index contributed by atoms with van der Waals surface area (Å²) in [7, 11) is 0. The van der Waals surface area contributed by atoms with Gasteiger partial charge in [0.2, 0.25) is 0 Å². The van der Waals surface area contributed by atoms with Crippen LogP contribution in [-0.4, -0.2) is 4.57 Å². The van der Waals surface area contributed by atoms with Crippen molar-refractivity contribution in [3.05, 3.63) is 40.7 Å². The Labute approximate surface area is 99.9 Å². The fourth-order valence-electron chi connectivity index (χ4n) is 1.89. The van der Waals surface area contributed by atoms with E-state index in [9.17, 15) is 4.79 Å². The number of rotatable bonds is 3. The van der Waals surface area contributed by atoms with Crippen LogP contribution < -0.4 is 11.3 Å². The molecule has 0 spiro atoms. The van der Waals surface area contributed by atoms with Gasteiger partial charge in [-0.3, -0.25) is 9.36 Å². The number of aromatic nitrogens is 1. The molecule has 2 rings (SSSR count). The molecule has 17 heavy (non-hydrogen) atoms. The van der Waals surface area contributed by atoms with Gasteiger partial charge in [-0.2, -0.15) is 0 Å². The van der Waals surface area contributed by atoms with Gasteiger partial charge in [0.15, 0.2) is 0 Å². The molecule has 0 saturated carbocycles. The Morgan fingerprint density at radius 2 is 2.12 bits per heavy atom. The Bertz CT molecular complexity index is 635. The Balaban J connectivity index is 2.49. The van der Waals surface area contributed by atoms with Gasteiger partial charge in [-0.05, 0) is 23.9 Å². The minimum atomic E-state index is -0.0439. The SMILES string of the molecule is C#CCCCn1c(N)cc2ccccc2c1=O. The van der Waals surface area contributed by atoms with Crippen molar-refractivity contribution in [2.75, 3.05) is 5.73 Å². The fourth-order valence-corrected chi connectivity index (χ4v) is 1.89. The maximum Gasteiger partial charge on any atom is 0.259 e. The predicted octanol–water partition coefficient (Wildman–Crippen LogP) is 2.00. The van der Waals surface area contributed by atoms with E-state index in [-0.39, 0.29) is 5.56 Å². The average Bonchev–Trinajstić information content (AvgIpc) is 2.33. The van der Waals surface area contributed by atoms with E-state index in [4.69, 9.17) is 12.2 Å². The lowest BCUT2D eigenvalue weighted by molar-refractivity contribution is 0.646. The molecular weight excluding hydrogens is 212 g/mol. The number of anilines is 1. The fraction of sp³-hybridized carbons (Fsp3) is 0.214. The minimum absolute atomic E-state index is 0.0439. The number of fused-ring (bicyclic) bond motifs is 1. The van der Waals surface area contributed by atoms with Crippen molar-refractivity contribution in [1.82, 2.24) is 4.57 Å². The zero-order chi connectivity index (χ0) is 12.3. The molecule has 0 aliphatic heterocycles. The zero-order valence-corrected chi connectivity index (χ0v) is 9.52. The first-order valence-corrected chi connectivity index (χ1v) is 5.55. The number of nitrogens with zero attached hydrogens (tertiary/aromatic N) is 1. The maximum atomic E-state index is 12.2. The van der Waals surface area contributed by atoms with Gasteiger partial charge < -0.3 is 5.73 Å². The normalized spacial score (nSPS) is 10.3. The van der Waals surface area contributed by atoms with Crippen LogP contribution in [0.15, 0.2) is 35.1 Å². The van der Waals surface area contributed by atoms with Gasteiger partial charge in [0, 0.05) is 18.4 Å². The lowest BCUT2D eigenvalue weighted by Gasteiger charge is -2.10. The van der Waals surface area contributed by atoms with Crippen LogP contribution >= 0.6 is 0 Å². The predicted molar refractivity (Wildman–Crippen MR) is 70.7 cm³/mol. The third-order valence-corrected chi connectivity index (χ3v) is 2.75. The van der Waals surface area contributed by atoms with Crippen LogP contribution in [0.3, 0.4) is 0 Å². The molecule has 1 aromatic heterocycles. The summed E-state index contributed by atoms with van der Waals surface area (Å²) in [5, 5.41) is 1.57. The molecule has 0 fully saturated rings. The van der Waals surface area contributed by atoms with E-state index in [0.29, 0.717) is 24.2 Å². The van der Waals surface area contributed by atoms with Gasteiger partial charge in [0.25, 0.3) is 5.56 Å². The lowest BCUT2D eigenvalue weighted by atomic mass is 10.1. The van der Waals surface area contributed by atoms with E-state index < -0.39 is 0 Å². The smallest absolute Gasteiger partial charge is 0.259 e. The molecule has 1 heterocycles. The summed E-state index contributed by atoms with van der Waals surface area (Å²) in [5.74, 6) is 3.05. The van der Waals surface area contributed by atoms with Crippen molar-refractivity contribution < 1.29 is 0 Å². The summed E-state index contributed by atoms with van der Waals surface area (Å²) in [6.45, 7) is 0.569. The van der Waals surface area contributed by atoms with E-state index in [0.717, 1.165) is 11.8 Å². The molecule has 0 amide bonds. The Morgan fingerprint density at radius 3 is 2.88 bits per heavy atom. The van der Waals surface area contributed by atoms with Crippen LogP contribution in [0.25, 0.3) is 10.8 Å². The molecule has 2 aromatic rings. The molecule has 0 bridgehead atoms. The van der Waals surface area contributed by atoms with Gasteiger partial charge >= 0.3 is 0 Å². The number of hydrogen-bond donors (Lipinski definition) is 1. The third kappa shape index (κ3) is 2.16. The second-order valence-electron chi connectivity index (χ2n) is 3.92. The van der Waals surface area contributed by atoms with Crippen LogP contribution in [0, 0.1) is 12.3 Å². The summed E-state index contributed by atoms with van der Waals surface area (Å²) in [6.07, 6.45) is 6.61. The highest BCUT2D eigenvalue weighted by atomic mass is 16.1. The van der Waals surface area contributed by atoms with Crippen LogP contribution in [-0.2, 0) is 6.54 Å².